The van der Waals surface area contributed by atoms with Crippen molar-refractivity contribution in [1.29, 1.82) is 0 Å². The Morgan fingerprint density at radius 3 is 2.76 bits per heavy atom. The van der Waals surface area contributed by atoms with E-state index in [9.17, 15) is 8.42 Å². The van der Waals surface area contributed by atoms with Gasteiger partial charge in [-0.3, -0.25) is 4.90 Å². The fourth-order valence-electron chi connectivity index (χ4n) is 4.93. The first kappa shape index (κ1) is 23.4. The maximum absolute atomic E-state index is 12.3. The normalized spacial score (nSPS) is 20.2. The van der Waals surface area contributed by atoms with Crippen LogP contribution in [0.5, 0.6) is 5.75 Å². The van der Waals surface area contributed by atoms with Crippen molar-refractivity contribution < 1.29 is 13.2 Å². The lowest BCUT2D eigenvalue weighted by molar-refractivity contribution is 0.106. The number of likely N-dealkylation sites (tertiary alicyclic amines) is 1. The van der Waals surface area contributed by atoms with Crippen molar-refractivity contribution in [3.63, 3.8) is 0 Å². The first-order valence-electron chi connectivity index (χ1n) is 11.6. The third-order valence-corrected chi connectivity index (χ3v) is 8.31. The van der Waals surface area contributed by atoms with Crippen molar-refractivity contribution in [1.82, 2.24) is 19.2 Å². The molecule has 7 nitrogen and oxygen atoms in total. The molecule has 180 valence electrons. The van der Waals surface area contributed by atoms with Crippen molar-refractivity contribution in [2.24, 2.45) is 7.05 Å². The lowest BCUT2D eigenvalue weighted by atomic mass is 9.89. The molecule has 0 spiro atoms. The number of rotatable bonds is 9. The molecule has 9 heteroatoms. The summed E-state index contributed by atoms with van der Waals surface area (Å²) in [6.45, 7) is 2.71. The Kier molecular flexibility index (Phi) is 6.66. The number of nitrogens with zero attached hydrogens (tertiary/aromatic N) is 3. The van der Waals surface area contributed by atoms with E-state index in [4.69, 9.17) is 16.3 Å². The van der Waals surface area contributed by atoms with E-state index in [2.05, 4.69) is 38.9 Å². The second-order valence-corrected chi connectivity index (χ2v) is 11.2. The number of hydrogen-bond acceptors (Lipinski definition) is 5. The van der Waals surface area contributed by atoms with Crippen molar-refractivity contribution in [2.75, 3.05) is 26.2 Å². The van der Waals surface area contributed by atoms with Gasteiger partial charge in [0.1, 0.15) is 12.4 Å². The van der Waals surface area contributed by atoms with Gasteiger partial charge in [0.05, 0.1) is 6.33 Å². The summed E-state index contributed by atoms with van der Waals surface area (Å²) in [4.78, 5) is 6.49. The number of imidazole rings is 1. The summed E-state index contributed by atoms with van der Waals surface area (Å²) in [5.74, 6) is 1.14. The summed E-state index contributed by atoms with van der Waals surface area (Å²) in [7, 11) is -1.91. The molecule has 0 radical (unpaired) electrons. The number of benzene rings is 2. The third-order valence-electron chi connectivity index (χ3n) is 6.73. The summed E-state index contributed by atoms with van der Waals surface area (Å²) in [6, 6.07) is 14.9. The molecule has 2 aliphatic rings. The zero-order valence-electron chi connectivity index (χ0n) is 19.2. The van der Waals surface area contributed by atoms with Crippen LogP contribution in [-0.4, -0.2) is 55.2 Å². The molecule has 5 rings (SSSR count). The number of aryl methyl sites for hydroxylation is 1. The summed E-state index contributed by atoms with van der Waals surface area (Å²) in [5.41, 5.74) is 3.93. The second kappa shape index (κ2) is 9.70. The molecule has 3 aromatic rings. The average molecular weight is 501 g/mol. The number of ether oxygens (including phenoxy) is 1. The number of nitrogens with one attached hydrogen (secondary N) is 1. The first-order valence-corrected chi connectivity index (χ1v) is 13.5. The predicted molar refractivity (Wildman–Crippen MR) is 132 cm³/mol. The van der Waals surface area contributed by atoms with Crippen LogP contribution in [-0.2, 0) is 29.9 Å². The smallest absolute Gasteiger partial charge is 0.259 e. The standard InChI is InChI=1S/C25H29ClN4O3S/c1-29-16-25(27-17-29)34(31,32)28-8-11-33-21-7-6-19-14-24(30-9-3-10-30)23(22(19)15-21)13-18-4-2-5-20(26)12-18/h2,4-7,12,15-17,23-24,28H,3,8-11,13-14H2,1H3. The monoisotopic (exact) mass is 500 g/mol. The van der Waals surface area contributed by atoms with E-state index >= 15 is 0 Å². The largest absolute Gasteiger partial charge is 0.492 e. The average Bonchev–Trinajstić information content (AvgIpc) is 3.35. The molecule has 1 aromatic heterocycles. The van der Waals surface area contributed by atoms with Gasteiger partial charge in [0, 0.05) is 36.8 Å². The van der Waals surface area contributed by atoms with E-state index in [1.54, 1.807) is 11.6 Å². The van der Waals surface area contributed by atoms with Gasteiger partial charge in [-0.1, -0.05) is 29.8 Å². The molecule has 1 aliphatic carbocycles. The molecule has 1 aliphatic heterocycles. The maximum Gasteiger partial charge on any atom is 0.259 e. The SMILES string of the molecule is Cn1cnc(S(=O)(=O)NCCOc2ccc3c(c2)C(Cc2cccc(Cl)c2)C(N2CCC2)C3)c1. The number of sulfonamides is 1. The van der Waals surface area contributed by atoms with Crippen molar-refractivity contribution in [3.8, 4) is 5.75 Å². The summed E-state index contributed by atoms with van der Waals surface area (Å²) in [5, 5.41) is 0.773. The van der Waals surface area contributed by atoms with Crippen LogP contribution in [0.4, 0.5) is 0 Å². The van der Waals surface area contributed by atoms with E-state index < -0.39 is 10.0 Å². The van der Waals surface area contributed by atoms with E-state index in [1.807, 2.05) is 18.2 Å². The fourth-order valence-corrected chi connectivity index (χ4v) is 6.14. The van der Waals surface area contributed by atoms with E-state index in [0.29, 0.717) is 12.0 Å². The molecule has 34 heavy (non-hydrogen) atoms. The highest BCUT2D eigenvalue weighted by molar-refractivity contribution is 7.89. The Morgan fingerprint density at radius 2 is 2.06 bits per heavy atom. The molecular weight excluding hydrogens is 472 g/mol. The zero-order chi connectivity index (χ0) is 23.7. The Hall–Kier alpha value is -2.39. The number of halogens is 1. The van der Waals surface area contributed by atoms with Crippen molar-refractivity contribution in [2.45, 2.75) is 36.2 Å². The van der Waals surface area contributed by atoms with Crippen LogP contribution < -0.4 is 9.46 Å². The molecule has 1 N–H and O–H groups in total. The van der Waals surface area contributed by atoms with Gasteiger partial charge in [-0.15, -0.1) is 0 Å². The Morgan fingerprint density at radius 1 is 1.21 bits per heavy atom. The van der Waals surface area contributed by atoms with Crippen LogP contribution >= 0.6 is 11.6 Å². The first-order chi connectivity index (χ1) is 16.4. The zero-order valence-corrected chi connectivity index (χ0v) is 20.7. The topological polar surface area (TPSA) is 76.5 Å². The molecule has 2 atom stereocenters. The van der Waals surface area contributed by atoms with E-state index in [1.165, 1.54) is 35.6 Å². The minimum atomic E-state index is -3.64. The Bertz CT molecular complexity index is 1270. The van der Waals surface area contributed by atoms with Crippen molar-refractivity contribution in [3.05, 3.63) is 76.7 Å². The van der Waals surface area contributed by atoms with Gasteiger partial charge in [-0.25, -0.2) is 18.1 Å². The summed E-state index contributed by atoms with van der Waals surface area (Å²) in [6.07, 6.45) is 6.17. The number of aromatic nitrogens is 2. The molecule has 0 saturated carbocycles. The molecule has 0 amide bonds. The van der Waals surface area contributed by atoms with Gasteiger partial charge >= 0.3 is 0 Å². The minimum Gasteiger partial charge on any atom is -0.492 e. The summed E-state index contributed by atoms with van der Waals surface area (Å²) < 4.78 is 34.7. The lowest BCUT2D eigenvalue weighted by Gasteiger charge is -2.39. The van der Waals surface area contributed by atoms with Crippen molar-refractivity contribution >= 4 is 21.6 Å². The Balaban J connectivity index is 1.26. The Labute approximate surface area is 205 Å². The molecule has 1 saturated heterocycles. The molecule has 2 aromatic carbocycles. The predicted octanol–water partition coefficient (Wildman–Crippen LogP) is 3.39. The van der Waals surface area contributed by atoms with E-state index in [0.717, 1.165) is 36.7 Å². The maximum atomic E-state index is 12.3. The fraction of sp³-hybridized carbons (Fsp3) is 0.400. The molecule has 2 unspecified atom stereocenters. The highest BCUT2D eigenvalue weighted by Gasteiger charge is 2.38. The summed E-state index contributed by atoms with van der Waals surface area (Å²) >= 11 is 6.25. The molecular formula is C25H29ClN4O3S. The van der Waals surface area contributed by atoms with E-state index in [-0.39, 0.29) is 18.2 Å². The lowest BCUT2D eigenvalue weighted by Crippen LogP contribution is -2.47. The van der Waals surface area contributed by atoms with Gasteiger partial charge in [0.15, 0.2) is 5.03 Å². The highest BCUT2D eigenvalue weighted by Crippen LogP contribution is 2.41. The van der Waals surface area contributed by atoms with Gasteiger partial charge in [-0.2, -0.15) is 0 Å². The van der Waals surface area contributed by atoms with Gasteiger partial charge < -0.3 is 9.30 Å². The third kappa shape index (κ3) is 5.00. The molecule has 2 heterocycles. The minimum absolute atomic E-state index is 0.00780. The van der Waals surface area contributed by atoms with Gasteiger partial charge in [0.2, 0.25) is 0 Å². The van der Waals surface area contributed by atoms with Crippen LogP contribution in [0.2, 0.25) is 5.02 Å². The van der Waals surface area contributed by atoms with Crippen LogP contribution in [0.1, 0.15) is 29.0 Å². The quantitative estimate of drug-likeness (QED) is 0.456. The van der Waals surface area contributed by atoms with Crippen LogP contribution in [0.25, 0.3) is 0 Å². The highest BCUT2D eigenvalue weighted by atomic mass is 35.5. The van der Waals surface area contributed by atoms with Gasteiger partial charge in [0.25, 0.3) is 10.0 Å². The second-order valence-electron chi connectivity index (χ2n) is 9.09. The molecule has 0 bridgehead atoms. The van der Waals surface area contributed by atoms with Crippen LogP contribution in [0.3, 0.4) is 0 Å². The van der Waals surface area contributed by atoms with Gasteiger partial charge in [-0.05, 0) is 73.3 Å². The number of fused-ring (bicyclic) bond motifs is 1. The van der Waals surface area contributed by atoms with Crippen LogP contribution in [0, 0.1) is 0 Å². The van der Waals surface area contributed by atoms with Crippen LogP contribution in [0.15, 0.2) is 60.0 Å². The molecule has 1 fully saturated rings. The number of hydrogen-bond donors (Lipinski definition) is 1.